The molecule has 2 aromatic carbocycles. The Kier molecular flexibility index (Phi) is 6.54. The van der Waals surface area contributed by atoms with E-state index < -0.39 is 4.92 Å². The molecule has 1 fully saturated rings. The van der Waals surface area contributed by atoms with Gasteiger partial charge >= 0.3 is 0 Å². The molecule has 1 saturated heterocycles. The third-order valence-corrected chi connectivity index (χ3v) is 6.52. The predicted molar refractivity (Wildman–Crippen MR) is 127 cm³/mol. The van der Waals surface area contributed by atoms with Crippen molar-refractivity contribution in [2.45, 2.75) is 19.3 Å². The summed E-state index contributed by atoms with van der Waals surface area (Å²) in [7, 11) is 4.91. The fourth-order valence-corrected chi connectivity index (χ4v) is 4.63. The van der Waals surface area contributed by atoms with Crippen LogP contribution < -0.4 is 19.3 Å². The number of benzene rings is 2. The number of rotatable bonds is 8. The van der Waals surface area contributed by atoms with Gasteiger partial charge in [-0.1, -0.05) is 18.2 Å². The number of anilines is 2. The number of nitrogens with zero attached hydrogens (tertiary/aromatic N) is 3. The van der Waals surface area contributed by atoms with E-state index in [0.717, 1.165) is 10.5 Å². The Morgan fingerprint density at radius 3 is 2.24 bits per heavy atom. The molecule has 0 spiro atoms. The molecule has 2 aromatic rings. The second kappa shape index (κ2) is 9.54. The summed E-state index contributed by atoms with van der Waals surface area (Å²) in [6, 6.07) is 10.2. The van der Waals surface area contributed by atoms with Crippen LogP contribution in [0.4, 0.5) is 17.1 Å². The highest BCUT2D eigenvalue weighted by atomic mass is 16.6. The lowest BCUT2D eigenvalue weighted by Crippen LogP contribution is -2.31. The molecular weight excluding hydrogens is 438 g/mol. The summed E-state index contributed by atoms with van der Waals surface area (Å²) in [4.78, 5) is 40.1. The van der Waals surface area contributed by atoms with Crippen LogP contribution in [0.2, 0.25) is 0 Å². The minimum Gasteiger partial charge on any atom is -0.493 e. The van der Waals surface area contributed by atoms with Crippen LogP contribution in [0.1, 0.15) is 18.4 Å². The van der Waals surface area contributed by atoms with E-state index in [1.165, 1.54) is 6.07 Å². The minimum absolute atomic E-state index is 0.152. The molecule has 2 unspecified atom stereocenters. The van der Waals surface area contributed by atoms with Crippen LogP contribution in [-0.4, -0.2) is 44.5 Å². The SMILES string of the molecule is COc1ccc(CCN(C)c2ccc(N3C(=O)C4CC=CCC4C3=O)cc2[N+](=O)[O-])cc1OC. The van der Waals surface area contributed by atoms with Gasteiger partial charge in [0.25, 0.3) is 5.69 Å². The first kappa shape index (κ1) is 23.3. The van der Waals surface area contributed by atoms with Gasteiger partial charge in [-0.15, -0.1) is 0 Å². The number of hydrogen-bond acceptors (Lipinski definition) is 7. The number of ether oxygens (including phenoxy) is 2. The molecule has 9 heteroatoms. The van der Waals surface area contributed by atoms with Gasteiger partial charge in [0, 0.05) is 19.7 Å². The third-order valence-electron chi connectivity index (χ3n) is 6.52. The molecule has 34 heavy (non-hydrogen) atoms. The topological polar surface area (TPSA) is 102 Å². The molecule has 2 atom stereocenters. The molecule has 2 amide bonds. The molecule has 1 aliphatic heterocycles. The van der Waals surface area contributed by atoms with E-state index in [9.17, 15) is 19.7 Å². The molecule has 0 bridgehead atoms. The fourth-order valence-electron chi connectivity index (χ4n) is 4.63. The van der Waals surface area contributed by atoms with Crippen molar-refractivity contribution >= 4 is 28.9 Å². The number of carbonyl (C=O) groups excluding carboxylic acids is 2. The van der Waals surface area contributed by atoms with E-state index in [0.29, 0.717) is 43.0 Å². The van der Waals surface area contributed by atoms with Gasteiger partial charge in [-0.2, -0.15) is 0 Å². The lowest BCUT2D eigenvalue weighted by atomic mass is 9.85. The van der Waals surface area contributed by atoms with E-state index in [4.69, 9.17) is 9.47 Å². The molecule has 1 heterocycles. The molecule has 178 valence electrons. The smallest absolute Gasteiger partial charge is 0.294 e. The van der Waals surface area contributed by atoms with E-state index in [-0.39, 0.29) is 35.0 Å². The molecule has 9 nitrogen and oxygen atoms in total. The summed E-state index contributed by atoms with van der Waals surface area (Å²) in [5.74, 6) is -0.103. The Morgan fingerprint density at radius 2 is 1.65 bits per heavy atom. The minimum atomic E-state index is -0.481. The van der Waals surface area contributed by atoms with Gasteiger partial charge in [0.05, 0.1) is 36.7 Å². The lowest BCUT2D eigenvalue weighted by Gasteiger charge is -2.21. The molecule has 0 N–H and O–H groups in total. The molecule has 0 saturated carbocycles. The van der Waals surface area contributed by atoms with Crippen molar-refractivity contribution in [3.8, 4) is 11.5 Å². The first-order chi connectivity index (χ1) is 16.3. The highest BCUT2D eigenvalue weighted by Gasteiger charge is 2.48. The summed E-state index contributed by atoms with van der Waals surface area (Å²) in [6.07, 6.45) is 5.48. The average molecular weight is 466 g/mol. The highest BCUT2D eigenvalue weighted by molar-refractivity contribution is 6.22. The van der Waals surface area contributed by atoms with Crippen LogP contribution in [0, 0.1) is 22.0 Å². The molecule has 4 rings (SSSR count). The van der Waals surface area contributed by atoms with E-state index in [1.807, 2.05) is 30.4 Å². The summed E-state index contributed by atoms with van der Waals surface area (Å²) in [6.45, 7) is 0.507. The van der Waals surface area contributed by atoms with Crippen molar-refractivity contribution in [3.05, 3.63) is 64.2 Å². The van der Waals surface area contributed by atoms with Crippen molar-refractivity contribution in [1.29, 1.82) is 0 Å². The Labute approximate surface area is 197 Å². The Bertz CT molecular complexity index is 1140. The first-order valence-corrected chi connectivity index (χ1v) is 11.1. The van der Waals surface area contributed by atoms with Gasteiger partial charge in [-0.05, 0) is 49.1 Å². The Balaban J connectivity index is 1.54. The van der Waals surface area contributed by atoms with Gasteiger partial charge in [-0.25, -0.2) is 4.90 Å². The van der Waals surface area contributed by atoms with Gasteiger partial charge in [-0.3, -0.25) is 19.7 Å². The number of methoxy groups -OCH3 is 2. The largest absolute Gasteiger partial charge is 0.493 e. The summed E-state index contributed by atoms with van der Waals surface area (Å²) in [5, 5.41) is 11.9. The average Bonchev–Trinajstić information content (AvgIpc) is 3.11. The molecular formula is C25H27N3O6. The quantitative estimate of drug-likeness (QED) is 0.253. The van der Waals surface area contributed by atoms with Crippen LogP contribution in [-0.2, 0) is 16.0 Å². The predicted octanol–water partition coefficient (Wildman–Crippen LogP) is 3.75. The van der Waals surface area contributed by atoms with Crippen molar-refractivity contribution < 1.29 is 24.0 Å². The van der Waals surface area contributed by atoms with E-state index in [2.05, 4.69) is 0 Å². The number of imide groups is 1. The molecule has 2 aliphatic rings. The number of nitro groups is 1. The number of fused-ring (bicyclic) bond motifs is 1. The summed E-state index contributed by atoms with van der Waals surface area (Å²) < 4.78 is 10.6. The zero-order valence-electron chi connectivity index (χ0n) is 19.4. The van der Waals surface area contributed by atoms with Crippen LogP contribution in [0.15, 0.2) is 48.6 Å². The number of allylic oxidation sites excluding steroid dienone is 2. The number of nitro benzene ring substituents is 1. The van der Waals surface area contributed by atoms with Crippen molar-refractivity contribution in [3.63, 3.8) is 0 Å². The van der Waals surface area contributed by atoms with Crippen LogP contribution >= 0.6 is 0 Å². The lowest BCUT2D eigenvalue weighted by molar-refractivity contribution is -0.384. The monoisotopic (exact) mass is 465 g/mol. The Hall–Kier alpha value is -3.88. The maximum Gasteiger partial charge on any atom is 0.294 e. The van der Waals surface area contributed by atoms with Gasteiger partial charge in [0.2, 0.25) is 11.8 Å². The summed E-state index contributed by atoms with van der Waals surface area (Å²) in [5.41, 5.74) is 1.50. The highest BCUT2D eigenvalue weighted by Crippen LogP contribution is 2.40. The van der Waals surface area contributed by atoms with Gasteiger partial charge in [0.15, 0.2) is 11.5 Å². The van der Waals surface area contributed by atoms with Crippen LogP contribution in [0.25, 0.3) is 0 Å². The number of carbonyl (C=O) groups is 2. The van der Waals surface area contributed by atoms with Gasteiger partial charge in [0.1, 0.15) is 5.69 Å². The van der Waals surface area contributed by atoms with E-state index >= 15 is 0 Å². The van der Waals surface area contributed by atoms with Crippen molar-refractivity contribution in [2.24, 2.45) is 11.8 Å². The summed E-state index contributed by atoms with van der Waals surface area (Å²) >= 11 is 0. The maximum atomic E-state index is 12.9. The number of likely N-dealkylation sites (N-methyl/N-ethyl adjacent to an activating group) is 1. The second-order valence-electron chi connectivity index (χ2n) is 8.46. The standard InChI is InChI=1S/C25H27N3O6/c1-26(13-12-16-8-11-22(33-2)23(14-16)34-3)20-10-9-17(15-21(20)28(31)32)27-24(29)18-6-4-5-7-19(18)25(27)30/h4-5,8-11,14-15,18-19H,6-7,12-13H2,1-3H3. The van der Waals surface area contributed by atoms with Crippen molar-refractivity contribution in [2.75, 3.05) is 37.6 Å². The molecule has 0 radical (unpaired) electrons. The number of amides is 2. The molecule has 1 aliphatic carbocycles. The first-order valence-electron chi connectivity index (χ1n) is 11.1. The maximum absolute atomic E-state index is 12.9. The van der Waals surface area contributed by atoms with Crippen molar-refractivity contribution in [1.82, 2.24) is 0 Å². The zero-order chi connectivity index (χ0) is 24.4. The second-order valence-corrected chi connectivity index (χ2v) is 8.46. The third kappa shape index (κ3) is 4.21. The number of hydrogen-bond donors (Lipinski definition) is 0. The van der Waals surface area contributed by atoms with Crippen LogP contribution in [0.5, 0.6) is 11.5 Å². The normalized spacial score (nSPS) is 19.2. The van der Waals surface area contributed by atoms with Gasteiger partial charge < -0.3 is 14.4 Å². The van der Waals surface area contributed by atoms with Crippen LogP contribution in [0.3, 0.4) is 0 Å². The fraction of sp³-hybridized carbons (Fsp3) is 0.360. The van der Waals surface area contributed by atoms with E-state index in [1.54, 1.807) is 38.3 Å². The molecule has 0 aromatic heterocycles. The zero-order valence-corrected chi connectivity index (χ0v) is 19.4. The Morgan fingerprint density at radius 1 is 1.00 bits per heavy atom.